The summed E-state index contributed by atoms with van der Waals surface area (Å²) >= 11 is 0. The van der Waals surface area contributed by atoms with E-state index in [4.69, 9.17) is 5.73 Å². The second-order valence-corrected chi connectivity index (χ2v) is 2.86. The summed E-state index contributed by atoms with van der Waals surface area (Å²) in [6.07, 6.45) is 1.81. The van der Waals surface area contributed by atoms with Gasteiger partial charge in [-0.2, -0.15) is 0 Å². The minimum absolute atomic E-state index is 0. The lowest BCUT2D eigenvalue weighted by atomic mass is 10.3. The molecule has 0 fully saturated rings. The molecule has 74 valence electrons. The Kier molecular flexibility index (Phi) is 3.14. The van der Waals surface area contributed by atoms with Crippen molar-refractivity contribution < 1.29 is 12.4 Å². The summed E-state index contributed by atoms with van der Waals surface area (Å²) in [4.78, 5) is 4.22. The molecule has 0 saturated heterocycles. The Morgan fingerprint density at radius 2 is 2.14 bits per heavy atom. The highest BCUT2D eigenvalue weighted by Gasteiger charge is 2.04. The lowest BCUT2D eigenvalue weighted by Gasteiger charge is -2.00. The predicted octanol–water partition coefficient (Wildman–Crippen LogP) is -1.19. The van der Waals surface area contributed by atoms with Gasteiger partial charge in [0.15, 0.2) is 0 Å². The van der Waals surface area contributed by atoms with Gasteiger partial charge in [0.25, 0.3) is 0 Å². The van der Waals surface area contributed by atoms with Crippen molar-refractivity contribution >= 4 is 17.0 Å². The molecule has 14 heavy (non-hydrogen) atoms. The molecule has 0 bridgehead atoms. The molecule has 0 aliphatic carbocycles. The van der Waals surface area contributed by atoms with Crippen molar-refractivity contribution in [2.75, 3.05) is 5.73 Å². The summed E-state index contributed by atoms with van der Waals surface area (Å²) in [7, 11) is 0. The number of nitrogens with zero attached hydrogens (tertiary/aromatic N) is 2. The van der Waals surface area contributed by atoms with Crippen LogP contribution in [0.25, 0.3) is 11.0 Å². The first-order valence-electron chi connectivity index (χ1n) is 4.14. The van der Waals surface area contributed by atoms with Gasteiger partial charge in [0.1, 0.15) is 0 Å². The third kappa shape index (κ3) is 1.59. The van der Waals surface area contributed by atoms with Gasteiger partial charge >= 0.3 is 0 Å². The highest BCUT2D eigenvalue weighted by atomic mass is 35.5. The molecule has 0 radical (unpaired) electrons. The molecular weight excluding hydrogens is 198 g/mol. The zero-order valence-electron chi connectivity index (χ0n) is 7.65. The number of halogens is 1. The van der Waals surface area contributed by atoms with Gasteiger partial charge in [-0.05, 0) is 12.1 Å². The Hall–Kier alpha value is -1.48. The van der Waals surface area contributed by atoms with Crippen LogP contribution in [0.4, 0.5) is 5.95 Å². The van der Waals surface area contributed by atoms with E-state index >= 15 is 0 Å². The zero-order valence-corrected chi connectivity index (χ0v) is 8.41. The van der Waals surface area contributed by atoms with Gasteiger partial charge in [-0.1, -0.05) is 18.2 Å². The monoisotopic (exact) mass is 208 g/mol. The molecule has 4 heteroatoms. The van der Waals surface area contributed by atoms with Crippen LogP contribution >= 0.6 is 0 Å². The molecule has 1 aromatic carbocycles. The third-order valence-electron chi connectivity index (χ3n) is 2.00. The first kappa shape index (κ1) is 10.6. The van der Waals surface area contributed by atoms with Crippen molar-refractivity contribution in [3.63, 3.8) is 0 Å². The van der Waals surface area contributed by atoms with Crippen LogP contribution < -0.4 is 18.1 Å². The van der Waals surface area contributed by atoms with Crippen molar-refractivity contribution in [2.24, 2.45) is 0 Å². The molecule has 1 heterocycles. The zero-order chi connectivity index (χ0) is 9.26. The van der Waals surface area contributed by atoms with E-state index in [1.54, 1.807) is 0 Å². The fourth-order valence-electron chi connectivity index (χ4n) is 1.42. The molecule has 0 aliphatic rings. The largest absolute Gasteiger partial charge is 1.00 e. The average molecular weight is 209 g/mol. The number of hydrogen-bond acceptors (Lipinski definition) is 2. The van der Waals surface area contributed by atoms with Crippen LogP contribution in [0.5, 0.6) is 0 Å². The van der Waals surface area contributed by atoms with Gasteiger partial charge in [-0.15, -0.1) is 6.58 Å². The molecule has 0 unspecified atom stereocenters. The number of hydrogen-bond donors (Lipinski definition) is 1. The van der Waals surface area contributed by atoms with Crippen LogP contribution in [0, 0.1) is 0 Å². The standard InChI is InChI=1S/C10H11N3.ClH/c1-2-7-13-9-6-4-3-5-8(9)12-10(13)11;/h2-6H,1,7H2,(H2,11,12);1H/p-1. The molecule has 0 amide bonds. The lowest BCUT2D eigenvalue weighted by Crippen LogP contribution is -3.00. The van der Waals surface area contributed by atoms with E-state index in [1.807, 2.05) is 34.9 Å². The van der Waals surface area contributed by atoms with Crippen LogP contribution in [0.1, 0.15) is 0 Å². The number of benzene rings is 1. The predicted molar refractivity (Wildman–Crippen MR) is 54.3 cm³/mol. The maximum Gasteiger partial charge on any atom is 0.201 e. The van der Waals surface area contributed by atoms with E-state index in [2.05, 4.69) is 11.6 Å². The Morgan fingerprint density at radius 3 is 2.86 bits per heavy atom. The van der Waals surface area contributed by atoms with Crippen LogP contribution in [0.2, 0.25) is 0 Å². The molecule has 2 aromatic rings. The summed E-state index contributed by atoms with van der Waals surface area (Å²) in [6.45, 7) is 4.38. The van der Waals surface area contributed by atoms with Gasteiger partial charge in [-0.25, -0.2) is 4.98 Å². The second kappa shape index (κ2) is 4.15. The summed E-state index contributed by atoms with van der Waals surface area (Å²) in [5.74, 6) is 0.543. The molecule has 0 spiro atoms. The Labute approximate surface area is 88.7 Å². The molecule has 0 atom stereocenters. The van der Waals surface area contributed by atoms with Crippen LogP contribution in [-0.2, 0) is 6.54 Å². The van der Waals surface area contributed by atoms with Crippen LogP contribution in [0.15, 0.2) is 36.9 Å². The third-order valence-corrected chi connectivity index (χ3v) is 2.00. The van der Waals surface area contributed by atoms with Gasteiger partial charge in [0.05, 0.1) is 11.0 Å². The maximum atomic E-state index is 5.74. The Balaban J connectivity index is 0.000000980. The maximum absolute atomic E-state index is 5.74. The normalized spacial score (nSPS) is 9.71. The molecule has 0 aliphatic heterocycles. The number of para-hydroxylation sites is 2. The Bertz CT molecular complexity index is 448. The van der Waals surface area contributed by atoms with Gasteiger partial charge in [0, 0.05) is 6.54 Å². The molecule has 3 nitrogen and oxygen atoms in total. The van der Waals surface area contributed by atoms with Gasteiger partial charge in [-0.3, -0.25) is 0 Å². The lowest BCUT2D eigenvalue weighted by molar-refractivity contribution is -0.00000276. The number of nitrogen functional groups attached to an aromatic ring is 1. The van der Waals surface area contributed by atoms with E-state index < -0.39 is 0 Å². The first-order chi connectivity index (χ1) is 6.33. The van der Waals surface area contributed by atoms with Crippen molar-refractivity contribution in [2.45, 2.75) is 6.54 Å². The quantitative estimate of drug-likeness (QED) is 0.631. The minimum Gasteiger partial charge on any atom is -1.00 e. The smallest absolute Gasteiger partial charge is 0.201 e. The van der Waals surface area contributed by atoms with Crippen molar-refractivity contribution in [1.29, 1.82) is 0 Å². The van der Waals surface area contributed by atoms with E-state index in [0.717, 1.165) is 11.0 Å². The SMILES string of the molecule is C=CCn1c(N)nc2ccccc21.[Cl-]. The first-order valence-corrected chi connectivity index (χ1v) is 4.14. The number of rotatable bonds is 2. The van der Waals surface area contributed by atoms with Gasteiger partial charge in [0.2, 0.25) is 5.95 Å². The fourth-order valence-corrected chi connectivity index (χ4v) is 1.42. The minimum atomic E-state index is 0. The molecule has 1 aromatic heterocycles. The van der Waals surface area contributed by atoms with E-state index in [-0.39, 0.29) is 12.4 Å². The number of nitrogens with two attached hydrogens (primary N) is 1. The number of anilines is 1. The van der Waals surface area contributed by atoms with Crippen molar-refractivity contribution in [3.05, 3.63) is 36.9 Å². The molecule has 0 saturated carbocycles. The van der Waals surface area contributed by atoms with Crippen LogP contribution in [0.3, 0.4) is 0 Å². The summed E-state index contributed by atoms with van der Waals surface area (Å²) in [5, 5.41) is 0. The van der Waals surface area contributed by atoms with Gasteiger partial charge < -0.3 is 22.7 Å². The molecule has 2 N–H and O–H groups in total. The average Bonchev–Trinajstić information content (AvgIpc) is 2.44. The topological polar surface area (TPSA) is 43.8 Å². The van der Waals surface area contributed by atoms with Crippen molar-refractivity contribution in [1.82, 2.24) is 9.55 Å². The number of aromatic nitrogens is 2. The Morgan fingerprint density at radius 1 is 1.43 bits per heavy atom. The summed E-state index contributed by atoms with van der Waals surface area (Å²) < 4.78 is 1.93. The highest BCUT2D eigenvalue weighted by molar-refractivity contribution is 5.78. The molecular formula is C10H11ClN3-. The number of fused-ring (bicyclic) bond motifs is 1. The summed E-state index contributed by atoms with van der Waals surface area (Å²) in [6, 6.07) is 7.88. The second-order valence-electron chi connectivity index (χ2n) is 2.86. The van der Waals surface area contributed by atoms with E-state index in [9.17, 15) is 0 Å². The van der Waals surface area contributed by atoms with E-state index in [1.165, 1.54) is 0 Å². The summed E-state index contributed by atoms with van der Waals surface area (Å²) in [5.41, 5.74) is 7.73. The van der Waals surface area contributed by atoms with Crippen molar-refractivity contribution in [3.8, 4) is 0 Å². The fraction of sp³-hybridized carbons (Fsp3) is 0.100. The highest BCUT2D eigenvalue weighted by Crippen LogP contribution is 2.16. The van der Waals surface area contributed by atoms with Crippen LogP contribution in [-0.4, -0.2) is 9.55 Å². The molecule has 2 rings (SSSR count). The number of imidazole rings is 1. The van der Waals surface area contributed by atoms with E-state index in [0.29, 0.717) is 12.5 Å². The number of allylic oxidation sites excluding steroid dienone is 1.